The highest BCUT2D eigenvalue weighted by atomic mass is 16.3. The van der Waals surface area contributed by atoms with Crippen LogP contribution < -0.4 is 0 Å². The highest BCUT2D eigenvalue weighted by molar-refractivity contribution is 5.90. The summed E-state index contributed by atoms with van der Waals surface area (Å²) in [4.78, 5) is 0. The molecule has 2 aromatic carbocycles. The van der Waals surface area contributed by atoms with Crippen molar-refractivity contribution in [2.45, 2.75) is 0 Å². The van der Waals surface area contributed by atoms with Crippen molar-refractivity contribution >= 4 is 0 Å². The minimum atomic E-state index is 0.250. The van der Waals surface area contributed by atoms with Gasteiger partial charge < -0.3 is 9.52 Å². The monoisotopic (exact) mass is 316 g/mol. The van der Waals surface area contributed by atoms with Crippen LogP contribution in [-0.4, -0.2) is 14.9 Å². The van der Waals surface area contributed by atoms with Crippen molar-refractivity contribution in [1.82, 2.24) is 9.78 Å². The largest absolute Gasteiger partial charge is 0.508 e. The zero-order valence-corrected chi connectivity index (χ0v) is 13.2. The van der Waals surface area contributed by atoms with Gasteiger partial charge in [0.15, 0.2) is 0 Å². The highest BCUT2D eigenvalue weighted by Gasteiger charge is 2.15. The van der Waals surface area contributed by atoms with Crippen LogP contribution in [0.3, 0.4) is 0 Å². The molecule has 1 N–H and O–H groups in total. The second kappa shape index (κ2) is 5.74. The first-order valence-corrected chi connectivity index (χ1v) is 7.66. The van der Waals surface area contributed by atoms with Gasteiger partial charge in [-0.3, -0.25) is 4.68 Å². The number of rotatable bonds is 3. The number of phenolic OH excluding ortho intramolecular Hbond substituents is 1. The molecule has 0 aliphatic rings. The van der Waals surface area contributed by atoms with Crippen LogP contribution in [0, 0.1) is 0 Å². The van der Waals surface area contributed by atoms with Crippen molar-refractivity contribution in [3.8, 4) is 39.1 Å². The Bertz CT molecular complexity index is 981. The van der Waals surface area contributed by atoms with Gasteiger partial charge in [0, 0.05) is 29.9 Å². The lowest BCUT2D eigenvalue weighted by atomic mass is 9.93. The van der Waals surface area contributed by atoms with Crippen LogP contribution in [0.1, 0.15) is 0 Å². The van der Waals surface area contributed by atoms with Gasteiger partial charge in [0.05, 0.1) is 18.7 Å². The van der Waals surface area contributed by atoms with Gasteiger partial charge in [0.1, 0.15) is 5.75 Å². The summed E-state index contributed by atoms with van der Waals surface area (Å²) in [5.74, 6) is 0.250. The van der Waals surface area contributed by atoms with Crippen LogP contribution in [-0.2, 0) is 7.05 Å². The van der Waals surface area contributed by atoms with E-state index in [0.29, 0.717) is 0 Å². The van der Waals surface area contributed by atoms with Crippen LogP contribution in [0.4, 0.5) is 0 Å². The Balaban J connectivity index is 1.87. The minimum Gasteiger partial charge on any atom is -0.508 e. The van der Waals surface area contributed by atoms with Crippen molar-refractivity contribution < 1.29 is 9.52 Å². The highest BCUT2D eigenvalue weighted by Crippen LogP contribution is 2.38. The van der Waals surface area contributed by atoms with Crippen molar-refractivity contribution in [2.75, 3.05) is 0 Å². The lowest BCUT2D eigenvalue weighted by Crippen LogP contribution is -1.86. The number of aryl methyl sites for hydroxylation is 1. The molecule has 4 rings (SSSR count). The topological polar surface area (TPSA) is 51.2 Å². The smallest absolute Gasteiger partial charge is 0.115 e. The molecule has 0 unspecified atom stereocenters. The average molecular weight is 316 g/mol. The number of phenols is 1. The van der Waals surface area contributed by atoms with E-state index < -0.39 is 0 Å². The molecule has 24 heavy (non-hydrogen) atoms. The Morgan fingerprint density at radius 3 is 2.25 bits per heavy atom. The number of hydrogen-bond donors (Lipinski definition) is 1. The van der Waals surface area contributed by atoms with Crippen molar-refractivity contribution in [3.63, 3.8) is 0 Å². The van der Waals surface area contributed by atoms with E-state index in [1.807, 2.05) is 43.7 Å². The minimum absolute atomic E-state index is 0.250. The summed E-state index contributed by atoms with van der Waals surface area (Å²) in [6, 6.07) is 15.3. The Labute approximate surface area is 139 Å². The van der Waals surface area contributed by atoms with E-state index in [4.69, 9.17) is 4.42 Å². The van der Waals surface area contributed by atoms with Crippen LogP contribution in [0.2, 0.25) is 0 Å². The molecule has 4 heteroatoms. The molecule has 0 radical (unpaired) electrons. The quantitative estimate of drug-likeness (QED) is 0.595. The van der Waals surface area contributed by atoms with Crippen molar-refractivity contribution in [2.24, 2.45) is 7.05 Å². The number of aromatic hydroxyl groups is 1. The molecule has 0 spiro atoms. The number of benzene rings is 2. The summed E-state index contributed by atoms with van der Waals surface area (Å²) >= 11 is 0. The first-order chi connectivity index (χ1) is 11.7. The Morgan fingerprint density at radius 2 is 1.54 bits per heavy atom. The second-order valence-corrected chi connectivity index (χ2v) is 5.69. The molecule has 0 amide bonds. The number of hydrogen-bond acceptors (Lipinski definition) is 3. The average Bonchev–Trinajstić information content (AvgIpc) is 3.24. The first kappa shape index (κ1) is 14.3. The maximum Gasteiger partial charge on any atom is 0.115 e. The SMILES string of the molecule is Cn1cc(-c2ccccc2-c2cocc2-c2ccc(O)cc2)cn1. The fraction of sp³-hybridized carbons (Fsp3) is 0.0500. The van der Waals surface area contributed by atoms with Crippen molar-refractivity contribution in [3.05, 3.63) is 73.5 Å². The van der Waals surface area contributed by atoms with E-state index in [-0.39, 0.29) is 5.75 Å². The maximum absolute atomic E-state index is 9.50. The second-order valence-electron chi connectivity index (χ2n) is 5.69. The third-order valence-electron chi connectivity index (χ3n) is 4.07. The number of aromatic nitrogens is 2. The van der Waals surface area contributed by atoms with E-state index in [1.54, 1.807) is 29.3 Å². The van der Waals surface area contributed by atoms with Crippen LogP contribution in [0.15, 0.2) is 77.9 Å². The Hall–Kier alpha value is -3.27. The molecule has 2 aromatic heterocycles. The maximum atomic E-state index is 9.50. The van der Waals surface area contributed by atoms with Gasteiger partial charge >= 0.3 is 0 Å². The summed E-state index contributed by atoms with van der Waals surface area (Å²) in [5.41, 5.74) is 6.25. The number of nitrogens with zero attached hydrogens (tertiary/aromatic N) is 2. The van der Waals surface area contributed by atoms with Crippen LogP contribution >= 0.6 is 0 Å². The molecule has 4 aromatic rings. The molecule has 0 saturated carbocycles. The summed E-state index contributed by atoms with van der Waals surface area (Å²) in [5, 5.41) is 13.8. The Morgan fingerprint density at radius 1 is 0.833 bits per heavy atom. The normalized spacial score (nSPS) is 10.9. The lowest BCUT2D eigenvalue weighted by molar-refractivity contribution is 0.475. The molecule has 0 fully saturated rings. The van der Waals surface area contributed by atoms with Gasteiger partial charge in [-0.15, -0.1) is 0 Å². The van der Waals surface area contributed by atoms with E-state index in [9.17, 15) is 5.11 Å². The molecule has 0 bridgehead atoms. The molecular formula is C20H16N2O2. The van der Waals surface area contributed by atoms with Gasteiger partial charge in [-0.25, -0.2) is 0 Å². The predicted molar refractivity (Wildman–Crippen MR) is 93.4 cm³/mol. The molecule has 2 heterocycles. The lowest BCUT2D eigenvalue weighted by Gasteiger charge is -2.09. The number of furan rings is 1. The summed E-state index contributed by atoms with van der Waals surface area (Å²) in [6.07, 6.45) is 7.36. The first-order valence-electron chi connectivity index (χ1n) is 7.66. The standard InChI is InChI=1S/C20H16N2O2/c1-22-11-15(10-21-22)17-4-2-3-5-18(17)20-13-24-12-19(20)14-6-8-16(23)9-7-14/h2-13,23H,1H3. The Kier molecular flexibility index (Phi) is 3.43. The van der Waals surface area contributed by atoms with Crippen LogP contribution in [0.5, 0.6) is 5.75 Å². The molecule has 0 aliphatic heterocycles. The summed E-state index contributed by atoms with van der Waals surface area (Å²) < 4.78 is 7.29. The molecule has 118 valence electrons. The van der Waals surface area contributed by atoms with E-state index in [2.05, 4.69) is 17.2 Å². The molecule has 0 aliphatic carbocycles. The molecular weight excluding hydrogens is 300 g/mol. The molecule has 0 atom stereocenters. The third kappa shape index (κ3) is 2.48. The fourth-order valence-electron chi connectivity index (χ4n) is 2.90. The molecule has 4 nitrogen and oxygen atoms in total. The summed E-state index contributed by atoms with van der Waals surface area (Å²) in [6.45, 7) is 0. The van der Waals surface area contributed by atoms with E-state index in [0.717, 1.165) is 33.4 Å². The zero-order valence-electron chi connectivity index (χ0n) is 13.2. The van der Waals surface area contributed by atoms with E-state index in [1.165, 1.54) is 0 Å². The summed E-state index contributed by atoms with van der Waals surface area (Å²) in [7, 11) is 1.91. The van der Waals surface area contributed by atoms with Gasteiger partial charge in [-0.1, -0.05) is 36.4 Å². The van der Waals surface area contributed by atoms with Crippen molar-refractivity contribution in [1.29, 1.82) is 0 Å². The predicted octanol–water partition coefficient (Wildman–Crippen LogP) is 4.72. The fourth-order valence-corrected chi connectivity index (χ4v) is 2.90. The van der Waals surface area contributed by atoms with Gasteiger partial charge in [-0.2, -0.15) is 5.10 Å². The van der Waals surface area contributed by atoms with E-state index >= 15 is 0 Å². The van der Waals surface area contributed by atoms with Crippen LogP contribution in [0.25, 0.3) is 33.4 Å². The van der Waals surface area contributed by atoms with Gasteiger partial charge in [0.25, 0.3) is 0 Å². The third-order valence-corrected chi connectivity index (χ3v) is 4.07. The zero-order chi connectivity index (χ0) is 16.5. The van der Waals surface area contributed by atoms with Gasteiger partial charge in [-0.05, 0) is 28.8 Å². The molecule has 0 saturated heterocycles. The van der Waals surface area contributed by atoms with Gasteiger partial charge in [0.2, 0.25) is 0 Å².